The van der Waals surface area contributed by atoms with Gasteiger partial charge in [0.1, 0.15) is 12.4 Å². The van der Waals surface area contributed by atoms with Crippen LogP contribution in [0.2, 0.25) is 0 Å². The van der Waals surface area contributed by atoms with Gasteiger partial charge in [-0.1, -0.05) is 48.6 Å². The summed E-state index contributed by atoms with van der Waals surface area (Å²) in [7, 11) is 0. The van der Waals surface area contributed by atoms with Crippen LogP contribution < -0.4 is 10.6 Å². The van der Waals surface area contributed by atoms with Crippen LogP contribution in [0.5, 0.6) is 0 Å². The molecule has 2 aromatic carbocycles. The van der Waals surface area contributed by atoms with Crippen LogP contribution in [0, 0.1) is 0 Å². The van der Waals surface area contributed by atoms with E-state index in [4.69, 9.17) is 0 Å². The maximum absolute atomic E-state index is 12.3. The number of halogens is 1. The summed E-state index contributed by atoms with van der Waals surface area (Å²) in [6.45, 7) is 3.51. The normalized spacial score (nSPS) is 11.1. The zero-order valence-electron chi connectivity index (χ0n) is 16.1. The summed E-state index contributed by atoms with van der Waals surface area (Å²) in [5.41, 5.74) is 5.24. The molecule has 0 radical (unpaired) electrons. The zero-order chi connectivity index (χ0) is 19.6. The molecule has 0 fully saturated rings. The maximum atomic E-state index is 12.3. The molecule has 0 amide bonds. The van der Waals surface area contributed by atoms with E-state index in [0.29, 0.717) is 6.54 Å². The molecule has 0 spiro atoms. The Morgan fingerprint density at radius 3 is 2.11 bits per heavy atom. The molecular formula is C22H26FN5. The van der Waals surface area contributed by atoms with E-state index in [9.17, 15) is 4.39 Å². The molecule has 6 heteroatoms. The average molecular weight is 379 g/mol. The average Bonchev–Trinajstić information content (AvgIpc) is 3.18. The lowest BCUT2D eigenvalue weighted by molar-refractivity contribution is 0.422. The first-order chi connectivity index (χ1) is 13.8. The fraction of sp³-hybridized carbons (Fsp3) is 0.273. The lowest BCUT2D eigenvalue weighted by Crippen LogP contribution is -2.00. The number of hydrogen-bond acceptors (Lipinski definition) is 4. The SMILES string of the molecule is CCCNc1ccc(C=Cc2ccc(NCc3cn(CCF)nn3)cc2)cc1. The Hall–Kier alpha value is -3.15. The number of rotatable bonds is 10. The van der Waals surface area contributed by atoms with Crippen molar-refractivity contribution in [3.05, 3.63) is 71.5 Å². The third-order valence-electron chi connectivity index (χ3n) is 4.24. The number of nitrogens with zero attached hydrogens (tertiary/aromatic N) is 3. The van der Waals surface area contributed by atoms with Crippen LogP contribution in [-0.4, -0.2) is 28.2 Å². The maximum Gasteiger partial charge on any atom is 0.109 e. The minimum absolute atomic E-state index is 0.242. The highest BCUT2D eigenvalue weighted by Gasteiger charge is 2.00. The van der Waals surface area contributed by atoms with Gasteiger partial charge in [0.15, 0.2) is 0 Å². The summed E-state index contributed by atoms with van der Waals surface area (Å²) in [5, 5.41) is 14.6. The van der Waals surface area contributed by atoms with E-state index >= 15 is 0 Å². The van der Waals surface area contributed by atoms with Crippen molar-refractivity contribution in [2.75, 3.05) is 23.9 Å². The van der Waals surface area contributed by atoms with Gasteiger partial charge in [-0.15, -0.1) is 5.10 Å². The van der Waals surface area contributed by atoms with Gasteiger partial charge in [0, 0.05) is 17.9 Å². The first-order valence-corrected chi connectivity index (χ1v) is 9.58. The van der Waals surface area contributed by atoms with E-state index in [1.54, 1.807) is 6.20 Å². The smallest absolute Gasteiger partial charge is 0.109 e. The van der Waals surface area contributed by atoms with Gasteiger partial charge in [0.2, 0.25) is 0 Å². The Morgan fingerprint density at radius 2 is 1.54 bits per heavy atom. The molecule has 0 atom stereocenters. The fourth-order valence-corrected chi connectivity index (χ4v) is 2.69. The highest BCUT2D eigenvalue weighted by molar-refractivity contribution is 5.71. The summed E-state index contributed by atoms with van der Waals surface area (Å²) in [4.78, 5) is 0. The van der Waals surface area contributed by atoms with Crippen molar-refractivity contribution in [2.45, 2.75) is 26.4 Å². The number of aromatic nitrogens is 3. The molecule has 1 aromatic heterocycles. The molecule has 28 heavy (non-hydrogen) atoms. The van der Waals surface area contributed by atoms with Gasteiger partial charge in [0.05, 0.1) is 19.3 Å². The number of benzene rings is 2. The van der Waals surface area contributed by atoms with Crippen LogP contribution in [0.3, 0.4) is 0 Å². The van der Waals surface area contributed by atoms with Crippen LogP contribution in [0.4, 0.5) is 15.8 Å². The zero-order valence-corrected chi connectivity index (χ0v) is 16.1. The summed E-state index contributed by atoms with van der Waals surface area (Å²) < 4.78 is 13.8. The van der Waals surface area contributed by atoms with Crippen molar-refractivity contribution in [1.29, 1.82) is 0 Å². The van der Waals surface area contributed by atoms with Crippen molar-refractivity contribution < 1.29 is 4.39 Å². The van der Waals surface area contributed by atoms with Crippen LogP contribution in [0.1, 0.15) is 30.2 Å². The quantitative estimate of drug-likeness (QED) is 0.494. The van der Waals surface area contributed by atoms with E-state index in [1.807, 2.05) is 12.1 Å². The van der Waals surface area contributed by atoms with E-state index in [0.717, 1.165) is 35.6 Å². The van der Waals surface area contributed by atoms with Gasteiger partial charge in [-0.25, -0.2) is 9.07 Å². The largest absolute Gasteiger partial charge is 0.385 e. The van der Waals surface area contributed by atoms with E-state index in [2.05, 4.69) is 76.4 Å². The Kier molecular flexibility index (Phi) is 7.18. The lowest BCUT2D eigenvalue weighted by Gasteiger charge is -2.05. The Balaban J connectivity index is 1.51. The van der Waals surface area contributed by atoms with Gasteiger partial charge < -0.3 is 10.6 Å². The van der Waals surface area contributed by atoms with Crippen LogP contribution in [-0.2, 0) is 13.1 Å². The second-order valence-corrected chi connectivity index (χ2v) is 6.52. The van der Waals surface area contributed by atoms with Crippen LogP contribution in [0.25, 0.3) is 12.2 Å². The van der Waals surface area contributed by atoms with Crippen molar-refractivity contribution >= 4 is 23.5 Å². The third kappa shape index (κ3) is 5.94. The van der Waals surface area contributed by atoms with E-state index in [-0.39, 0.29) is 6.54 Å². The first kappa shape index (κ1) is 19.6. The number of alkyl halides is 1. The number of anilines is 2. The minimum atomic E-state index is -0.439. The van der Waals surface area contributed by atoms with E-state index < -0.39 is 6.67 Å². The van der Waals surface area contributed by atoms with Gasteiger partial charge in [-0.05, 0) is 41.8 Å². The molecule has 0 aliphatic heterocycles. The molecule has 0 unspecified atom stereocenters. The number of hydrogen-bond donors (Lipinski definition) is 2. The molecule has 0 bridgehead atoms. The summed E-state index contributed by atoms with van der Waals surface area (Å²) in [6.07, 6.45) is 7.08. The Bertz CT molecular complexity index is 869. The molecule has 5 nitrogen and oxygen atoms in total. The second-order valence-electron chi connectivity index (χ2n) is 6.52. The molecule has 146 valence electrons. The van der Waals surface area contributed by atoms with Crippen molar-refractivity contribution in [2.24, 2.45) is 0 Å². The van der Waals surface area contributed by atoms with Gasteiger partial charge in [0.25, 0.3) is 0 Å². The predicted octanol–water partition coefficient (Wildman–Crippen LogP) is 4.85. The summed E-state index contributed by atoms with van der Waals surface area (Å²) >= 11 is 0. The molecule has 0 saturated heterocycles. The first-order valence-electron chi connectivity index (χ1n) is 9.58. The lowest BCUT2D eigenvalue weighted by atomic mass is 10.1. The standard InChI is InChI=1S/C22H26FN5/c1-2-14-24-20-9-5-18(6-10-20)3-4-19-7-11-21(12-8-19)25-16-22-17-28(15-13-23)27-26-22/h3-12,17,24-25H,2,13-16H2,1H3. The monoisotopic (exact) mass is 379 g/mol. The highest BCUT2D eigenvalue weighted by atomic mass is 19.1. The fourth-order valence-electron chi connectivity index (χ4n) is 2.69. The van der Waals surface area contributed by atoms with Gasteiger partial charge >= 0.3 is 0 Å². The van der Waals surface area contributed by atoms with Crippen molar-refractivity contribution in [1.82, 2.24) is 15.0 Å². The molecule has 0 aliphatic rings. The van der Waals surface area contributed by atoms with Gasteiger partial charge in [-0.2, -0.15) is 0 Å². The summed E-state index contributed by atoms with van der Waals surface area (Å²) in [5.74, 6) is 0. The Morgan fingerprint density at radius 1 is 0.929 bits per heavy atom. The molecule has 3 rings (SSSR count). The minimum Gasteiger partial charge on any atom is -0.385 e. The number of aryl methyl sites for hydroxylation is 1. The number of nitrogens with one attached hydrogen (secondary N) is 2. The third-order valence-corrected chi connectivity index (χ3v) is 4.24. The second kappa shape index (κ2) is 10.3. The summed E-state index contributed by atoms with van der Waals surface area (Å²) in [6, 6.07) is 16.6. The molecule has 2 N–H and O–H groups in total. The van der Waals surface area contributed by atoms with E-state index in [1.165, 1.54) is 10.2 Å². The van der Waals surface area contributed by atoms with Crippen molar-refractivity contribution in [3.63, 3.8) is 0 Å². The topological polar surface area (TPSA) is 54.8 Å². The molecule has 3 aromatic rings. The Labute approximate surface area is 165 Å². The van der Waals surface area contributed by atoms with Gasteiger partial charge in [-0.3, -0.25) is 0 Å². The highest BCUT2D eigenvalue weighted by Crippen LogP contribution is 2.15. The molecule has 0 aliphatic carbocycles. The van der Waals surface area contributed by atoms with Crippen LogP contribution in [0.15, 0.2) is 54.7 Å². The molecular weight excluding hydrogens is 353 g/mol. The molecule has 1 heterocycles. The van der Waals surface area contributed by atoms with Crippen LogP contribution >= 0.6 is 0 Å². The predicted molar refractivity (Wildman–Crippen MR) is 114 cm³/mol. The molecule has 0 saturated carbocycles. The van der Waals surface area contributed by atoms with Crippen molar-refractivity contribution in [3.8, 4) is 0 Å².